The lowest BCUT2D eigenvalue weighted by Gasteiger charge is -2.13. The van der Waals surface area contributed by atoms with Crippen molar-refractivity contribution < 1.29 is 22.5 Å². The van der Waals surface area contributed by atoms with E-state index in [2.05, 4.69) is 15.5 Å². The molecule has 0 saturated heterocycles. The summed E-state index contributed by atoms with van der Waals surface area (Å²) in [5.41, 5.74) is -0.201. The van der Waals surface area contributed by atoms with Crippen LogP contribution in [0.4, 0.5) is 13.2 Å². The summed E-state index contributed by atoms with van der Waals surface area (Å²) in [6.07, 6.45) is -2.40. The van der Waals surface area contributed by atoms with E-state index in [-0.39, 0.29) is 28.4 Å². The first kappa shape index (κ1) is 17.5. The number of nitrogens with one attached hydrogen (secondary N) is 1. The number of carbonyl (C=O) groups is 1. The monoisotopic (exact) mass is 375 g/mol. The van der Waals surface area contributed by atoms with Gasteiger partial charge in [0.1, 0.15) is 0 Å². The van der Waals surface area contributed by atoms with Crippen LogP contribution in [0.5, 0.6) is 0 Å². The number of hydrogen-bond donors (Lipinski definition) is 1. The second-order valence-electron chi connectivity index (χ2n) is 6.70. The summed E-state index contributed by atoms with van der Waals surface area (Å²) >= 11 is 0. The molecule has 2 heterocycles. The Kier molecular flexibility index (Phi) is 4.13. The van der Waals surface area contributed by atoms with Crippen LogP contribution in [0.25, 0.3) is 22.4 Å². The van der Waals surface area contributed by atoms with Crippen molar-refractivity contribution in [3.63, 3.8) is 0 Å². The van der Waals surface area contributed by atoms with E-state index in [9.17, 15) is 18.0 Å². The maximum absolute atomic E-state index is 13.4. The fourth-order valence-corrected chi connectivity index (χ4v) is 3.02. The van der Waals surface area contributed by atoms with E-state index in [0.29, 0.717) is 23.5 Å². The molecule has 0 bridgehead atoms. The molecule has 140 valence electrons. The van der Waals surface area contributed by atoms with Crippen molar-refractivity contribution >= 4 is 17.0 Å². The number of halogens is 3. The van der Waals surface area contributed by atoms with Gasteiger partial charge in [-0.3, -0.25) is 4.79 Å². The summed E-state index contributed by atoms with van der Waals surface area (Å²) in [6.45, 7) is 2.20. The van der Waals surface area contributed by atoms with Crippen LogP contribution < -0.4 is 5.32 Å². The molecule has 0 spiro atoms. The third-order valence-electron chi connectivity index (χ3n) is 4.62. The highest BCUT2D eigenvalue weighted by atomic mass is 19.4. The SMILES string of the molecule is Cc1noc2nc(-c3ccccc3C(F)(F)F)cc(C(=O)NCC3CC3)c12. The Balaban J connectivity index is 1.84. The number of benzene rings is 1. The Hall–Kier alpha value is -2.90. The van der Waals surface area contributed by atoms with Crippen LogP contribution in [0.3, 0.4) is 0 Å². The van der Waals surface area contributed by atoms with Crippen molar-refractivity contribution in [3.8, 4) is 11.3 Å². The number of alkyl halides is 3. The molecule has 1 aliphatic carbocycles. The maximum Gasteiger partial charge on any atom is 0.417 e. The van der Waals surface area contributed by atoms with E-state index >= 15 is 0 Å². The molecule has 27 heavy (non-hydrogen) atoms. The Bertz CT molecular complexity index is 1020. The molecule has 1 amide bonds. The van der Waals surface area contributed by atoms with Gasteiger partial charge in [0.05, 0.1) is 27.9 Å². The molecule has 1 N–H and O–H groups in total. The maximum atomic E-state index is 13.4. The van der Waals surface area contributed by atoms with Crippen molar-refractivity contribution in [3.05, 3.63) is 47.2 Å². The molecule has 2 aromatic heterocycles. The lowest BCUT2D eigenvalue weighted by atomic mass is 10.0. The van der Waals surface area contributed by atoms with E-state index in [4.69, 9.17) is 4.52 Å². The van der Waals surface area contributed by atoms with Gasteiger partial charge in [0.25, 0.3) is 11.6 Å². The van der Waals surface area contributed by atoms with Crippen LogP contribution in [0, 0.1) is 12.8 Å². The first-order valence-corrected chi connectivity index (χ1v) is 8.56. The minimum atomic E-state index is -4.54. The van der Waals surface area contributed by atoms with Gasteiger partial charge in [-0.05, 0) is 37.8 Å². The molecular formula is C19H16F3N3O2. The lowest BCUT2D eigenvalue weighted by Crippen LogP contribution is -2.26. The average Bonchev–Trinajstić information content (AvgIpc) is 3.40. The Morgan fingerprint density at radius 3 is 2.74 bits per heavy atom. The molecule has 0 aliphatic heterocycles. The van der Waals surface area contributed by atoms with Gasteiger partial charge >= 0.3 is 6.18 Å². The third kappa shape index (κ3) is 3.39. The Morgan fingerprint density at radius 1 is 1.30 bits per heavy atom. The number of hydrogen-bond acceptors (Lipinski definition) is 4. The first-order valence-electron chi connectivity index (χ1n) is 8.56. The Morgan fingerprint density at radius 2 is 2.04 bits per heavy atom. The van der Waals surface area contributed by atoms with E-state index in [1.54, 1.807) is 6.92 Å². The van der Waals surface area contributed by atoms with Crippen LogP contribution in [0.2, 0.25) is 0 Å². The van der Waals surface area contributed by atoms with Gasteiger partial charge in [0.15, 0.2) is 0 Å². The number of aryl methyl sites for hydroxylation is 1. The summed E-state index contributed by atoms with van der Waals surface area (Å²) in [4.78, 5) is 16.9. The second-order valence-corrected chi connectivity index (χ2v) is 6.70. The smallest absolute Gasteiger partial charge is 0.352 e. The minimum Gasteiger partial charge on any atom is -0.352 e. The van der Waals surface area contributed by atoms with E-state index in [1.807, 2.05) is 0 Å². The normalized spacial score (nSPS) is 14.5. The predicted molar refractivity (Wildman–Crippen MR) is 92.0 cm³/mol. The highest BCUT2D eigenvalue weighted by molar-refractivity contribution is 6.07. The van der Waals surface area contributed by atoms with Gasteiger partial charge < -0.3 is 9.84 Å². The molecular weight excluding hydrogens is 359 g/mol. The van der Waals surface area contributed by atoms with Crippen molar-refractivity contribution in [2.75, 3.05) is 6.54 Å². The van der Waals surface area contributed by atoms with Crippen LogP contribution in [-0.4, -0.2) is 22.6 Å². The largest absolute Gasteiger partial charge is 0.417 e. The van der Waals surface area contributed by atoms with Crippen molar-refractivity contribution in [1.29, 1.82) is 0 Å². The van der Waals surface area contributed by atoms with Gasteiger partial charge in [-0.25, -0.2) is 4.98 Å². The van der Waals surface area contributed by atoms with Gasteiger partial charge in [0, 0.05) is 12.1 Å². The number of aromatic nitrogens is 2. The zero-order chi connectivity index (χ0) is 19.2. The third-order valence-corrected chi connectivity index (χ3v) is 4.62. The molecule has 8 heteroatoms. The highest BCUT2D eigenvalue weighted by Crippen LogP contribution is 2.37. The summed E-state index contributed by atoms with van der Waals surface area (Å²) in [7, 11) is 0. The fourth-order valence-electron chi connectivity index (χ4n) is 3.02. The number of carbonyl (C=O) groups excluding carboxylic acids is 1. The number of amides is 1. The quantitative estimate of drug-likeness (QED) is 0.736. The average molecular weight is 375 g/mol. The van der Waals surface area contributed by atoms with Crippen molar-refractivity contribution in [2.45, 2.75) is 25.9 Å². The van der Waals surface area contributed by atoms with Crippen LogP contribution in [-0.2, 0) is 6.18 Å². The Labute approximate surface area is 152 Å². The molecule has 5 nitrogen and oxygen atoms in total. The number of pyridine rings is 1. The lowest BCUT2D eigenvalue weighted by molar-refractivity contribution is -0.137. The second kappa shape index (κ2) is 6.37. The van der Waals surface area contributed by atoms with Crippen LogP contribution in [0.1, 0.15) is 34.5 Å². The zero-order valence-corrected chi connectivity index (χ0v) is 14.4. The molecule has 1 saturated carbocycles. The van der Waals surface area contributed by atoms with Gasteiger partial charge in [0.2, 0.25) is 0 Å². The van der Waals surface area contributed by atoms with E-state index < -0.39 is 11.7 Å². The first-order chi connectivity index (χ1) is 12.8. The molecule has 1 fully saturated rings. The number of fused-ring (bicyclic) bond motifs is 1. The van der Waals surface area contributed by atoms with Crippen molar-refractivity contribution in [1.82, 2.24) is 15.5 Å². The van der Waals surface area contributed by atoms with Gasteiger partial charge in [-0.1, -0.05) is 23.4 Å². The summed E-state index contributed by atoms with van der Waals surface area (Å²) in [6, 6.07) is 6.49. The summed E-state index contributed by atoms with van der Waals surface area (Å²) in [5, 5.41) is 7.06. The fraction of sp³-hybridized carbons (Fsp3) is 0.316. The number of nitrogens with zero attached hydrogens (tertiary/aromatic N) is 2. The highest BCUT2D eigenvalue weighted by Gasteiger charge is 2.34. The topological polar surface area (TPSA) is 68.0 Å². The molecule has 0 unspecified atom stereocenters. The molecule has 0 radical (unpaired) electrons. The molecule has 1 aromatic carbocycles. The molecule has 4 rings (SSSR count). The van der Waals surface area contributed by atoms with Crippen molar-refractivity contribution in [2.24, 2.45) is 5.92 Å². The van der Waals surface area contributed by atoms with Gasteiger partial charge in [-0.15, -0.1) is 0 Å². The number of rotatable bonds is 4. The zero-order valence-electron chi connectivity index (χ0n) is 14.4. The molecule has 0 atom stereocenters. The van der Waals surface area contributed by atoms with Crippen LogP contribution >= 0.6 is 0 Å². The van der Waals surface area contributed by atoms with Crippen LogP contribution in [0.15, 0.2) is 34.9 Å². The van der Waals surface area contributed by atoms with E-state index in [1.165, 1.54) is 24.3 Å². The standard InChI is InChI=1S/C19H16F3N3O2/c1-10-16-13(17(26)23-9-11-6-7-11)8-15(24-18(16)27-25-10)12-4-2-3-5-14(12)19(20,21)22/h2-5,8,11H,6-7,9H2,1H3,(H,23,26). The molecule has 3 aromatic rings. The predicted octanol–water partition coefficient (Wildman–Crippen LogP) is 4.36. The summed E-state index contributed by atoms with van der Waals surface area (Å²) < 4.78 is 45.3. The molecule has 1 aliphatic rings. The summed E-state index contributed by atoms with van der Waals surface area (Å²) in [5.74, 6) is 0.103. The van der Waals surface area contributed by atoms with E-state index in [0.717, 1.165) is 18.9 Å². The minimum absolute atomic E-state index is 0.0168. The van der Waals surface area contributed by atoms with Gasteiger partial charge in [-0.2, -0.15) is 13.2 Å².